The third kappa shape index (κ3) is 13.4. The van der Waals surface area contributed by atoms with Gasteiger partial charge in [0, 0.05) is 44.2 Å². The summed E-state index contributed by atoms with van der Waals surface area (Å²) in [4.78, 5) is 26.3. The minimum absolute atomic E-state index is 0.00417. The van der Waals surface area contributed by atoms with E-state index in [-0.39, 0.29) is 65.3 Å². The van der Waals surface area contributed by atoms with E-state index >= 15 is 0 Å². The maximum atomic E-state index is 12.8. The first-order chi connectivity index (χ1) is 25.6. The number of amides is 2. The topological polar surface area (TPSA) is 292 Å². The summed E-state index contributed by atoms with van der Waals surface area (Å²) < 4.78 is 21.9. The van der Waals surface area contributed by atoms with Gasteiger partial charge < -0.3 is 62.2 Å². The Morgan fingerprint density at radius 3 is 2.23 bits per heavy atom. The van der Waals surface area contributed by atoms with Gasteiger partial charge in [-0.25, -0.2) is 0 Å². The van der Waals surface area contributed by atoms with Crippen molar-refractivity contribution in [1.82, 2.24) is 15.5 Å². The predicted octanol–water partition coefficient (Wildman–Crippen LogP) is 0.795. The zero-order valence-electron chi connectivity index (χ0n) is 29.5. The lowest BCUT2D eigenvalue weighted by Gasteiger charge is -2.29. The number of carbonyl (C=O) groups excluding carboxylic acids is 2. The van der Waals surface area contributed by atoms with Gasteiger partial charge in [-0.2, -0.15) is 5.26 Å². The molecule has 53 heavy (non-hydrogen) atoms. The molecule has 3 rings (SSSR count). The Morgan fingerprint density at radius 1 is 0.943 bits per heavy atom. The average molecular weight is 733 g/mol. The van der Waals surface area contributed by atoms with E-state index in [0.29, 0.717) is 77.9 Å². The molecular weight excluding hydrogens is 684 g/mol. The standard InChI is InChI=1S/C36H48N10O7/c37-19-28(20-38)36(49)44-7-10-51-12-14-53-16-15-52-13-11-50-9-6-32(48)46-8-5-25-17-24(1-2-27(25)23-46)22-45-35(43)33(30(41)21-39)34(42)26-3-4-31(47)29(40)18-26/h1-4,17-20,37,42,47H,5-16,22-23,38,40-41H2,(H2,43,45)(H,44,49)/b28-20+,33-30+,37-19?,42-34?. The molecule has 0 spiro atoms. The van der Waals surface area contributed by atoms with Crippen LogP contribution in [-0.2, 0) is 48.0 Å². The number of amidine groups is 1. The second kappa shape index (κ2) is 22.2. The number of nitrogens with two attached hydrogens (primary N) is 3. The molecule has 0 atom stereocenters. The van der Waals surface area contributed by atoms with Crippen LogP contribution in [0.5, 0.6) is 5.75 Å². The summed E-state index contributed by atoms with van der Waals surface area (Å²) >= 11 is 0. The molecule has 12 N–H and O–H groups in total. The molecular formula is C36H48N10O7. The van der Waals surface area contributed by atoms with Crippen molar-refractivity contribution in [3.63, 3.8) is 0 Å². The number of nitrogens with one attached hydrogen (secondary N) is 5. The molecule has 0 fully saturated rings. The van der Waals surface area contributed by atoms with Gasteiger partial charge in [-0.1, -0.05) is 18.2 Å². The first-order valence-corrected chi connectivity index (χ1v) is 16.9. The van der Waals surface area contributed by atoms with Gasteiger partial charge in [-0.3, -0.25) is 20.4 Å². The highest BCUT2D eigenvalue weighted by atomic mass is 16.6. The largest absolute Gasteiger partial charge is 0.506 e. The molecule has 17 heteroatoms. The third-order valence-electron chi connectivity index (χ3n) is 8.02. The van der Waals surface area contributed by atoms with Gasteiger partial charge in [-0.15, -0.1) is 0 Å². The summed E-state index contributed by atoms with van der Waals surface area (Å²) in [5.41, 5.74) is 19.8. The van der Waals surface area contributed by atoms with E-state index < -0.39 is 5.91 Å². The summed E-state index contributed by atoms with van der Waals surface area (Å²) in [7, 11) is 0. The fourth-order valence-electron chi connectivity index (χ4n) is 5.12. The van der Waals surface area contributed by atoms with E-state index in [9.17, 15) is 20.0 Å². The fraction of sp³-hybridized carbons (Fsp3) is 0.389. The molecule has 0 saturated carbocycles. The number of nitrogen functional groups attached to an aromatic ring is 1. The van der Waals surface area contributed by atoms with Crippen LogP contribution in [0.15, 0.2) is 59.4 Å². The second-order valence-electron chi connectivity index (χ2n) is 11.7. The maximum Gasteiger partial charge on any atom is 0.254 e. The number of allylic oxidation sites excluding steroid dienone is 1. The van der Waals surface area contributed by atoms with Crippen molar-refractivity contribution in [3.05, 3.63) is 81.7 Å². The zero-order chi connectivity index (χ0) is 38.6. The third-order valence-corrected chi connectivity index (χ3v) is 8.02. The number of benzene rings is 2. The van der Waals surface area contributed by atoms with Crippen LogP contribution >= 0.6 is 0 Å². The maximum absolute atomic E-state index is 12.8. The Balaban J connectivity index is 1.28. The Bertz CT molecular complexity index is 1720. The number of aromatic hydroxyl groups is 1. The van der Waals surface area contributed by atoms with Crippen molar-refractivity contribution >= 4 is 35.3 Å². The van der Waals surface area contributed by atoms with Crippen LogP contribution in [-0.4, -0.2) is 106 Å². The number of rotatable bonds is 22. The van der Waals surface area contributed by atoms with Crippen LogP contribution in [0.25, 0.3) is 0 Å². The van der Waals surface area contributed by atoms with Crippen LogP contribution < -0.4 is 27.8 Å². The number of ether oxygens (including phenoxy) is 4. The summed E-state index contributed by atoms with van der Waals surface area (Å²) in [5, 5.41) is 48.8. The summed E-state index contributed by atoms with van der Waals surface area (Å²) in [6, 6.07) is 11.9. The molecule has 0 saturated heterocycles. The van der Waals surface area contributed by atoms with Gasteiger partial charge in [0.05, 0.1) is 81.8 Å². The van der Waals surface area contributed by atoms with Crippen molar-refractivity contribution in [3.8, 4) is 11.8 Å². The highest BCUT2D eigenvalue weighted by Crippen LogP contribution is 2.24. The highest BCUT2D eigenvalue weighted by molar-refractivity contribution is 6.28. The Hall–Kier alpha value is -5.80. The number of hydrogen-bond acceptors (Lipinski definition) is 14. The lowest BCUT2D eigenvalue weighted by molar-refractivity contribution is -0.133. The van der Waals surface area contributed by atoms with Crippen LogP contribution in [0.2, 0.25) is 0 Å². The number of nitriles is 1. The van der Waals surface area contributed by atoms with Gasteiger partial charge in [0.2, 0.25) is 5.91 Å². The van der Waals surface area contributed by atoms with E-state index in [1.54, 1.807) is 6.07 Å². The van der Waals surface area contributed by atoms with Gasteiger partial charge in [-0.05, 0) is 41.3 Å². The molecule has 17 nitrogen and oxygen atoms in total. The minimum atomic E-state index is -0.429. The van der Waals surface area contributed by atoms with E-state index in [0.717, 1.165) is 29.1 Å². The van der Waals surface area contributed by atoms with Gasteiger partial charge in [0.15, 0.2) is 0 Å². The number of phenolic OH excluding ortho intramolecular Hbond substituents is 1. The molecule has 1 heterocycles. The molecule has 0 bridgehead atoms. The van der Waals surface area contributed by atoms with Crippen molar-refractivity contribution in [1.29, 1.82) is 21.5 Å². The van der Waals surface area contributed by atoms with E-state index in [1.165, 1.54) is 18.2 Å². The predicted molar refractivity (Wildman–Crippen MR) is 198 cm³/mol. The molecule has 2 aromatic carbocycles. The van der Waals surface area contributed by atoms with Gasteiger partial charge in [0.1, 0.15) is 23.4 Å². The lowest BCUT2D eigenvalue weighted by atomic mass is 9.96. The molecule has 0 unspecified atom stereocenters. The van der Waals surface area contributed by atoms with Crippen LogP contribution in [0.4, 0.5) is 5.69 Å². The molecule has 0 radical (unpaired) electrons. The fourth-order valence-corrected chi connectivity index (χ4v) is 5.12. The Kier molecular flexibility index (Phi) is 17.4. The zero-order valence-corrected chi connectivity index (χ0v) is 29.5. The van der Waals surface area contributed by atoms with Crippen molar-refractivity contribution in [2.75, 3.05) is 71.7 Å². The number of nitrogens with zero attached hydrogens (tertiary/aromatic N) is 2. The van der Waals surface area contributed by atoms with E-state index in [2.05, 4.69) is 10.6 Å². The quantitative estimate of drug-likeness (QED) is 0.0155. The van der Waals surface area contributed by atoms with Crippen LogP contribution in [0.1, 0.15) is 28.7 Å². The average Bonchev–Trinajstić information content (AvgIpc) is 3.16. The van der Waals surface area contributed by atoms with Gasteiger partial charge in [0.25, 0.3) is 5.91 Å². The van der Waals surface area contributed by atoms with Crippen LogP contribution in [0, 0.1) is 27.6 Å². The summed E-state index contributed by atoms with van der Waals surface area (Å²) in [6.07, 6.45) is 2.88. The van der Waals surface area contributed by atoms with Crippen molar-refractivity contribution in [2.24, 2.45) is 11.5 Å². The van der Waals surface area contributed by atoms with Crippen molar-refractivity contribution in [2.45, 2.75) is 25.9 Å². The SMILES string of the molecule is N#C/C(N)=C(\C(=N)NCc1ccc2c(c1)CCN(C(=O)CCOCCOCCOCCOCCNC(=O)/C(C=N)=C/N)C2)C(=N)c1ccc(O)c(N)c1. The lowest BCUT2D eigenvalue weighted by Crippen LogP contribution is -2.36. The molecule has 0 aliphatic carbocycles. The molecule has 1 aliphatic heterocycles. The number of anilines is 1. The first kappa shape index (κ1) is 41.6. The monoisotopic (exact) mass is 732 g/mol. The normalized spacial score (nSPS) is 13.0. The van der Waals surface area contributed by atoms with Crippen LogP contribution in [0.3, 0.4) is 0 Å². The number of fused-ring (bicyclic) bond motifs is 1. The van der Waals surface area contributed by atoms with E-state index in [1.807, 2.05) is 23.1 Å². The van der Waals surface area contributed by atoms with E-state index in [4.69, 9.17) is 52.4 Å². The first-order valence-electron chi connectivity index (χ1n) is 16.9. The minimum Gasteiger partial charge on any atom is -0.506 e. The molecule has 2 aromatic rings. The molecule has 284 valence electrons. The Labute approximate surface area is 308 Å². The smallest absolute Gasteiger partial charge is 0.254 e. The molecule has 0 aromatic heterocycles. The second-order valence-corrected chi connectivity index (χ2v) is 11.7. The number of hydrogen-bond donors (Lipinski definition) is 9. The molecule has 2 amide bonds. The number of carbonyl (C=O) groups is 2. The summed E-state index contributed by atoms with van der Waals surface area (Å²) in [6.45, 7) is 4.42. The Morgan fingerprint density at radius 2 is 1.60 bits per heavy atom. The molecule has 1 aliphatic rings. The van der Waals surface area contributed by atoms with Gasteiger partial charge >= 0.3 is 0 Å². The highest BCUT2D eigenvalue weighted by Gasteiger charge is 2.22. The van der Waals surface area contributed by atoms with Crippen molar-refractivity contribution < 1.29 is 33.6 Å². The summed E-state index contributed by atoms with van der Waals surface area (Å²) in [5.74, 6) is -0.763. The number of phenols is 1.